The molecule has 2 heterocycles. The van der Waals surface area contributed by atoms with E-state index in [-0.39, 0.29) is 91.7 Å². The molecule has 10 heteroatoms. The fraction of sp³-hybridized carbons (Fsp3) is 0.692. The van der Waals surface area contributed by atoms with Crippen molar-refractivity contribution in [2.45, 2.75) is 193 Å². The number of aliphatic hydroxyl groups is 2. The zero-order chi connectivity index (χ0) is 52.9. The number of aliphatic carboxylic acids is 1. The quantitative estimate of drug-likeness (QED) is 0.214. The fourth-order valence-corrected chi connectivity index (χ4v) is 18.4. The topological polar surface area (TPSA) is 144 Å². The predicted molar refractivity (Wildman–Crippen MR) is 302 cm³/mol. The third kappa shape index (κ3) is 7.95. The molecule has 4 N–H and O–H groups in total. The lowest BCUT2D eigenvalue weighted by molar-refractivity contribution is -0.178. The highest BCUT2D eigenvalue weighted by Gasteiger charge is 2.69. The molecular weight excluding hydrogens is 956 g/mol. The molecule has 2 saturated heterocycles. The second-order valence-electron chi connectivity index (χ2n) is 28.3. The SMILES string of the molecule is C.C1CNC1.CC1=C(O)C(=O)C=C2C1=CC=C1[C@@]2(C)CC[C@@]2(C)[C@@H]3C[C@](C)(C(=O)N4CCC4)CC[C@]3(C)CC[C@]12C.CC1=C(O)C(=O)C=C2C1=CC=C1[C@@]2(C)CC[C@@]2(C)[C@@H]3C[C@](C)(C(=O)O)CC[C@]3(C)CC[C@]12C.Cl. The van der Waals surface area contributed by atoms with Crippen LogP contribution in [0.1, 0.15) is 193 Å². The van der Waals surface area contributed by atoms with Crippen molar-refractivity contribution >= 4 is 35.9 Å². The lowest BCUT2D eigenvalue weighted by atomic mass is 9.34. The van der Waals surface area contributed by atoms with E-state index in [1.165, 1.54) is 37.1 Å². The van der Waals surface area contributed by atoms with Gasteiger partial charge in [-0.05, 0) is 215 Å². The number of hydrogen-bond donors (Lipinski definition) is 4. The van der Waals surface area contributed by atoms with Gasteiger partial charge in [0.25, 0.3) is 0 Å². The maximum atomic E-state index is 13.6. The van der Waals surface area contributed by atoms with E-state index in [0.717, 1.165) is 125 Å². The molecule has 8 fully saturated rings. The molecule has 412 valence electrons. The second kappa shape index (κ2) is 18.6. The van der Waals surface area contributed by atoms with Crippen LogP contribution < -0.4 is 5.32 Å². The third-order valence-corrected chi connectivity index (χ3v) is 24.6. The molecule has 0 unspecified atom stereocenters. The molecule has 0 spiro atoms. The van der Waals surface area contributed by atoms with Gasteiger partial charge in [0, 0.05) is 40.5 Å². The van der Waals surface area contributed by atoms with E-state index < -0.39 is 11.4 Å². The number of carbonyl (C=O) groups is 4. The van der Waals surface area contributed by atoms with Crippen molar-refractivity contribution in [2.24, 2.45) is 66.0 Å². The Bertz CT molecular complexity index is 2740. The van der Waals surface area contributed by atoms with Crippen LogP contribution in [0.3, 0.4) is 0 Å². The summed E-state index contributed by atoms with van der Waals surface area (Å²) in [5, 5.41) is 33.8. The number of allylic oxidation sites excluding steroid dienone is 14. The first kappa shape index (κ1) is 57.2. The Hall–Kier alpha value is -3.95. The van der Waals surface area contributed by atoms with Crippen LogP contribution in [0.2, 0.25) is 0 Å². The number of aliphatic hydroxyl groups excluding tert-OH is 2. The maximum absolute atomic E-state index is 13.6. The average molecular weight is 1050 g/mol. The van der Waals surface area contributed by atoms with E-state index in [4.69, 9.17) is 0 Å². The molecule has 9 nitrogen and oxygen atoms in total. The van der Waals surface area contributed by atoms with Gasteiger partial charge in [-0.1, -0.05) is 105 Å². The summed E-state index contributed by atoms with van der Waals surface area (Å²) in [4.78, 5) is 53.2. The summed E-state index contributed by atoms with van der Waals surface area (Å²) in [6, 6.07) is 0. The van der Waals surface area contributed by atoms with Crippen molar-refractivity contribution < 1.29 is 34.5 Å². The van der Waals surface area contributed by atoms with Gasteiger partial charge in [-0.2, -0.15) is 0 Å². The van der Waals surface area contributed by atoms with Gasteiger partial charge >= 0.3 is 5.97 Å². The normalized spacial score (nSPS) is 43.9. The lowest BCUT2D eigenvalue weighted by Gasteiger charge is -2.70. The Labute approximate surface area is 456 Å². The molecule has 1 amide bonds. The standard InChI is InChI=1S/C32H43NO3.C29H38O4.C3H7N.CH4.ClH/c1-20-21-8-9-24-30(4,22(21)18-23(34)26(20)35)13-15-32(6)25-19-29(3,27(36)33-16-7-17-33)11-10-28(25,2)12-14-31(24,32)5;1-17-18-7-8-21-27(4,19(18)15-20(30)23(17)31)12-14-29(6)22-16-26(3,24(32)33)10-9-25(22,2)11-13-28(21,29)5;1-2-4-3-1;;/h8-9,18,25,35H,7,10-17,19H2,1-6H3;7-8,15,22,31H,9-14,16H2,1-6H3,(H,32,33);4H,1-3H2;1H4;1H/t25-,28-,29-,30+,31-,32+;22-,25-,26-,27+,28-,29+;;;/m11.../s1. The summed E-state index contributed by atoms with van der Waals surface area (Å²) in [5.74, 6) is -0.216. The number of carboxylic acids is 1. The number of nitrogens with zero attached hydrogens (tertiary/aromatic N) is 1. The Balaban J connectivity index is 0.000000181. The van der Waals surface area contributed by atoms with Gasteiger partial charge in [-0.25, -0.2) is 0 Å². The molecule has 0 bridgehead atoms. The van der Waals surface area contributed by atoms with Crippen molar-refractivity contribution in [3.05, 3.63) is 92.6 Å². The van der Waals surface area contributed by atoms with Crippen LogP contribution in [-0.2, 0) is 19.2 Å². The first-order valence-electron chi connectivity index (χ1n) is 28.4. The zero-order valence-electron chi connectivity index (χ0n) is 47.1. The summed E-state index contributed by atoms with van der Waals surface area (Å²) in [7, 11) is 0. The molecule has 12 rings (SSSR count). The highest BCUT2D eigenvalue weighted by Crippen LogP contribution is 2.77. The Morgan fingerprint density at radius 1 is 0.560 bits per heavy atom. The molecule has 2 aliphatic heterocycles. The van der Waals surface area contributed by atoms with Crippen LogP contribution in [0.5, 0.6) is 0 Å². The minimum Gasteiger partial charge on any atom is -0.504 e. The van der Waals surface area contributed by atoms with Crippen LogP contribution in [0.25, 0.3) is 0 Å². The number of likely N-dealkylation sites (tertiary alicyclic amines) is 1. The van der Waals surface area contributed by atoms with Crippen LogP contribution in [0.4, 0.5) is 0 Å². The van der Waals surface area contributed by atoms with E-state index in [2.05, 4.69) is 96.8 Å². The van der Waals surface area contributed by atoms with Crippen LogP contribution in [0.15, 0.2) is 92.6 Å². The van der Waals surface area contributed by atoms with Crippen LogP contribution in [0, 0.1) is 66.0 Å². The summed E-state index contributed by atoms with van der Waals surface area (Å²) >= 11 is 0. The third-order valence-electron chi connectivity index (χ3n) is 24.6. The van der Waals surface area contributed by atoms with Gasteiger partial charge in [-0.3, -0.25) is 19.2 Å². The monoisotopic (exact) mass is 1050 g/mol. The van der Waals surface area contributed by atoms with E-state index in [0.29, 0.717) is 28.9 Å². The first-order valence-corrected chi connectivity index (χ1v) is 28.4. The number of hydrogen-bond acceptors (Lipinski definition) is 7. The van der Waals surface area contributed by atoms with Crippen molar-refractivity contribution in [3.63, 3.8) is 0 Å². The van der Waals surface area contributed by atoms with Gasteiger partial charge in [0.05, 0.1) is 5.41 Å². The summed E-state index contributed by atoms with van der Waals surface area (Å²) in [6.07, 6.45) is 29.0. The molecule has 12 atom stereocenters. The molecule has 12 aliphatic rings. The number of fused-ring (bicyclic) bond motifs is 14. The molecule has 6 saturated carbocycles. The predicted octanol–water partition coefficient (Wildman–Crippen LogP) is 14.6. The van der Waals surface area contributed by atoms with Crippen molar-refractivity contribution in [1.82, 2.24) is 10.2 Å². The Kier molecular flexibility index (Phi) is 14.2. The number of amides is 1. The van der Waals surface area contributed by atoms with Crippen molar-refractivity contribution in [1.29, 1.82) is 0 Å². The number of halogens is 1. The van der Waals surface area contributed by atoms with Gasteiger partial charge in [0.2, 0.25) is 17.5 Å². The maximum Gasteiger partial charge on any atom is 0.309 e. The minimum absolute atomic E-state index is 0. The molecule has 0 aromatic heterocycles. The van der Waals surface area contributed by atoms with E-state index in [9.17, 15) is 34.5 Å². The number of carbonyl (C=O) groups excluding carboxylic acids is 3. The van der Waals surface area contributed by atoms with Gasteiger partial charge < -0.3 is 25.5 Å². The summed E-state index contributed by atoms with van der Waals surface area (Å²) in [5.41, 5.74) is 7.54. The van der Waals surface area contributed by atoms with Gasteiger partial charge in [0.15, 0.2) is 11.5 Å². The van der Waals surface area contributed by atoms with Crippen molar-refractivity contribution in [3.8, 4) is 0 Å². The summed E-state index contributed by atoms with van der Waals surface area (Å²) < 4.78 is 0. The lowest BCUT2D eigenvalue weighted by Crippen LogP contribution is -2.63. The Morgan fingerprint density at radius 3 is 1.29 bits per heavy atom. The van der Waals surface area contributed by atoms with Crippen LogP contribution in [-0.4, -0.2) is 69.8 Å². The average Bonchev–Trinajstić information content (AvgIpc) is 3.30. The van der Waals surface area contributed by atoms with Gasteiger partial charge in [-0.15, -0.1) is 12.4 Å². The second-order valence-corrected chi connectivity index (χ2v) is 28.3. The van der Waals surface area contributed by atoms with Crippen molar-refractivity contribution in [2.75, 3.05) is 26.2 Å². The number of ketones is 2. The first-order chi connectivity index (χ1) is 34.0. The number of carboxylic acid groups (broad SMARTS) is 1. The summed E-state index contributed by atoms with van der Waals surface area (Å²) in [6.45, 7) is 31.7. The minimum atomic E-state index is -0.655. The molecule has 0 aromatic carbocycles. The van der Waals surface area contributed by atoms with E-state index >= 15 is 0 Å². The molecule has 10 aliphatic carbocycles. The van der Waals surface area contributed by atoms with Crippen LogP contribution >= 0.6 is 12.4 Å². The van der Waals surface area contributed by atoms with E-state index in [1.54, 1.807) is 12.2 Å². The molecule has 75 heavy (non-hydrogen) atoms. The molecule has 0 radical (unpaired) electrons. The smallest absolute Gasteiger partial charge is 0.309 e. The van der Waals surface area contributed by atoms with Gasteiger partial charge in [0.1, 0.15) is 0 Å². The molecular formula is C65H93ClN2O7. The number of rotatable bonds is 2. The highest BCUT2D eigenvalue weighted by molar-refractivity contribution is 6.07. The fourth-order valence-electron chi connectivity index (χ4n) is 18.4. The largest absolute Gasteiger partial charge is 0.504 e. The number of nitrogens with one attached hydrogen (secondary N) is 1. The Morgan fingerprint density at radius 2 is 0.933 bits per heavy atom. The highest BCUT2D eigenvalue weighted by atomic mass is 35.5. The van der Waals surface area contributed by atoms with E-state index in [1.807, 2.05) is 20.8 Å². The zero-order valence-corrected chi connectivity index (χ0v) is 47.9. The molecule has 0 aromatic rings.